The fourth-order valence-electron chi connectivity index (χ4n) is 0.582. The standard InChI is InChI=1S/C6H9NO2/c7-2-1-3-9-6-4-8-5-6/h6H,1,3-5H2. The maximum absolute atomic E-state index is 8.11. The van der Waals surface area contributed by atoms with Crippen molar-refractivity contribution in [1.29, 1.82) is 5.26 Å². The van der Waals surface area contributed by atoms with E-state index in [-0.39, 0.29) is 6.10 Å². The van der Waals surface area contributed by atoms with Crippen LogP contribution in [0.2, 0.25) is 0 Å². The second-order valence-electron chi connectivity index (χ2n) is 1.94. The van der Waals surface area contributed by atoms with E-state index in [2.05, 4.69) is 0 Å². The Morgan fingerprint density at radius 3 is 2.89 bits per heavy atom. The van der Waals surface area contributed by atoms with Gasteiger partial charge in [-0.3, -0.25) is 0 Å². The third-order valence-corrected chi connectivity index (χ3v) is 1.17. The van der Waals surface area contributed by atoms with Crippen LogP contribution in [-0.2, 0) is 9.47 Å². The van der Waals surface area contributed by atoms with Gasteiger partial charge in [0.1, 0.15) is 6.10 Å². The first-order valence-corrected chi connectivity index (χ1v) is 3.00. The Morgan fingerprint density at radius 2 is 2.44 bits per heavy atom. The zero-order valence-corrected chi connectivity index (χ0v) is 5.17. The molecule has 0 radical (unpaired) electrons. The smallest absolute Gasteiger partial charge is 0.104 e. The van der Waals surface area contributed by atoms with Crippen LogP contribution in [0.25, 0.3) is 0 Å². The molecule has 0 aromatic heterocycles. The quantitative estimate of drug-likeness (QED) is 0.512. The van der Waals surface area contributed by atoms with Crippen molar-refractivity contribution in [3.8, 4) is 6.07 Å². The van der Waals surface area contributed by atoms with Crippen LogP contribution in [0.3, 0.4) is 0 Å². The molecule has 1 aliphatic heterocycles. The van der Waals surface area contributed by atoms with E-state index in [1.54, 1.807) is 0 Å². The molecule has 0 N–H and O–H groups in total. The van der Waals surface area contributed by atoms with Gasteiger partial charge in [0, 0.05) is 0 Å². The minimum absolute atomic E-state index is 0.262. The van der Waals surface area contributed by atoms with Crippen LogP contribution in [0, 0.1) is 11.3 Å². The van der Waals surface area contributed by atoms with E-state index < -0.39 is 0 Å². The predicted molar refractivity (Wildman–Crippen MR) is 30.8 cm³/mol. The molecule has 0 unspecified atom stereocenters. The molecule has 0 bridgehead atoms. The van der Waals surface area contributed by atoms with Gasteiger partial charge in [-0.05, 0) is 0 Å². The second kappa shape index (κ2) is 3.44. The van der Waals surface area contributed by atoms with Crippen molar-refractivity contribution < 1.29 is 9.47 Å². The lowest BCUT2D eigenvalue weighted by Crippen LogP contribution is -2.36. The Hall–Kier alpha value is -0.590. The van der Waals surface area contributed by atoms with E-state index in [9.17, 15) is 0 Å². The normalized spacial score (nSPS) is 18.6. The minimum atomic E-state index is 0.262. The molecule has 0 aromatic rings. The van der Waals surface area contributed by atoms with Crippen LogP contribution >= 0.6 is 0 Å². The van der Waals surface area contributed by atoms with Crippen LogP contribution in [0.5, 0.6) is 0 Å². The average Bonchev–Trinajstić information content (AvgIpc) is 1.76. The molecule has 1 saturated heterocycles. The summed E-state index contributed by atoms with van der Waals surface area (Å²) in [6.45, 7) is 1.95. The first-order chi connectivity index (χ1) is 4.43. The van der Waals surface area contributed by atoms with Crippen molar-refractivity contribution in [1.82, 2.24) is 0 Å². The lowest BCUT2D eigenvalue weighted by Gasteiger charge is -2.25. The molecule has 1 fully saturated rings. The molecule has 1 rings (SSSR count). The van der Waals surface area contributed by atoms with E-state index in [0.717, 1.165) is 0 Å². The summed E-state index contributed by atoms with van der Waals surface area (Å²) < 4.78 is 10.0. The Bertz CT molecular complexity index is 115. The van der Waals surface area contributed by atoms with Gasteiger partial charge < -0.3 is 9.47 Å². The Kier molecular flexibility index (Phi) is 2.49. The molecule has 1 aliphatic rings. The van der Waals surface area contributed by atoms with Gasteiger partial charge in [0.2, 0.25) is 0 Å². The predicted octanol–water partition coefficient (Wildman–Crippen LogP) is 0.315. The third-order valence-electron chi connectivity index (χ3n) is 1.17. The summed E-state index contributed by atoms with van der Waals surface area (Å²) in [5.74, 6) is 0. The summed E-state index contributed by atoms with van der Waals surface area (Å²) in [6.07, 6.45) is 0.745. The Balaban J connectivity index is 1.87. The molecule has 0 spiro atoms. The number of nitriles is 1. The summed E-state index contributed by atoms with van der Waals surface area (Å²) in [5, 5.41) is 8.11. The first-order valence-electron chi connectivity index (χ1n) is 3.00. The van der Waals surface area contributed by atoms with Crippen molar-refractivity contribution in [2.45, 2.75) is 12.5 Å². The molecule has 0 saturated carbocycles. The number of rotatable bonds is 3. The highest BCUT2D eigenvalue weighted by Gasteiger charge is 2.17. The largest absolute Gasteiger partial charge is 0.376 e. The van der Waals surface area contributed by atoms with Gasteiger partial charge in [-0.2, -0.15) is 5.26 Å². The summed E-state index contributed by atoms with van der Waals surface area (Å²) in [5.41, 5.74) is 0. The highest BCUT2D eigenvalue weighted by molar-refractivity contribution is 4.70. The summed E-state index contributed by atoms with van der Waals surface area (Å²) in [6, 6.07) is 2.01. The minimum Gasteiger partial charge on any atom is -0.376 e. The molecule has 0 aliphatic carbocycles. The molecular formula is C6H9NO2. The molecule has 0 aromatic carbocycles. The first kappa shape index (κ1) is 6.53. The lowest BCUT2D eigenvalue weighted by molar-refractivity contribution is -0.128. The fourth-order valence-corrected chi connectivity index (χ4v) is 0.582. The maximum atomic E-state index is 8.11. The van der Waals surface area contributed by atoms with Gasteiger partial charge in [0.25, 0.3) is 0 Å². The van der Waals surface area contributed by atoms with Crippen molar-refractivity contribution in [2.75, 3.05) is 19.8 Å². The van der Waals surface area contributed by atoms with Crippen molar-refractivity contribution >= 4 is 0 Å². The molecule has 3 nitrogen and oxygen atoms in total. The van der Waals surface area contributed by atoms with E-state index in [1.165, 1.54) is 0 Å². The Morgan fingerprint density at radius 1 is 1.67 bits per heavy atom. The zero-order chi connectivity index (χ0) is 6.53. The molecule has 1 heterocycles. The summed E-state index contributed by atoms with van der Waals surface area (Å²) in [4.78, 5) is 0. The zero-order valence-electron chi connectivity index (χ0n) is 5.17. The topological polar surface area (TPSA) is 42.2 Å². The highest BCUT2D eigenvalue weighted by Crippen LogP contribution is 2.04. The summed E-state index contributed by atoms with van der Waals surface area (Å²) in [7, 11) is 0. The van der Waals surface area contributed by atoms with E-state index in [0.29, 0.717) is 26.2 Å². The number of ether oxygens (including phenoxy) is 2. The number of hydrogen-bond donors (Lipinski definition) is 0. The second-order valence-corrected chi connectivity index (χ2v) is 1.94. The third kappa shape index (κ3) is 2.00. The van der Waals surface area contributed by atoms with Gasteiger partial charge in [-0.25, -0.2) is 0 Å². The molecule has 50 valence electrons. The van der Waals surface area contributed by atoms with Gasteiger partial charge >= 0.3 is 0 Å². The number of nitrogens with zero attached hydrogens (tertiary/aromatic N) is 1. The van der Waals surface area contributed by atoms with Crippen molar-refractivity contribution in [3.05, 3.63) is 0 Å². The van der Waals surface area contributed by atoms with E-state index in [1.807, 2.05) is 6.07 Å². The number of hydrogen-bond acceptors (Lipinski definition) is 3. The molecule has 0 atom stereocenters. The van der Waals surface area contributed by atoms with Gasteiger partial charge in [0.05, 0.1) is 32.3 Å². The van der Waals surface area contributed by atoms with Crippen molar-refractivity contribution in [3.63, 3.8) is 0 Å². The van der Waals surface area contributed by atoms with Crippen LogP contribution in [0.15, 0.2) is 0 Å². The van der Waals surface area contributed by atoms with Gasteiger partial charge in [-0.1, -0.05) is 0 Å². The molecular weight excluding hydrogens is 118 g/mol. The average molecular weight is 127 g/mol. The van der Waals surface area contributed by atoms with Gasteiger partial charge in [0.15, 0.2) is 0 Å². The van der Waals surface area contributed by atoms with Crippen LogP contribution in [0.1, 0.15) is 6.42 Å². The molecule has 0 amide bonds. The van der Waals surface area contributed by atoms with E-state index in [4.69, 9.17) is 14.7 Å². The maximum Gasteiger partial charge on any atom is 0.104 e. The van der Waals surface area contributed by atoms with Crippen LogP contribution in [-0.4, -0.2) is 25.9 Å². The van der Waals surface area contributed by atoms with Crippen LogP contribution in [0.4, 0.5) is 0 Å². The monoisotopic (exact) mass is 127 g/mol. The molecule has 3 heteroatoms. The highest BCUT2D eigenvalue weighted by atomic mass is 16.6. The SMILES string of the molecule is N#CCCOC1COC1. The fraction of sp³-hybridized carbons (Fsp3) is 0.833. The van der Waals surface area contributed by atoms with Crippen molar-refractivity contribution in [2.24, 2.45) is 0 Å². The van der Waals surface area contributed by atoms with Gasteiger partial charge in [-0.15, -0.1) is 0 Å². The lowest BCUT2D eigenvalue weighted by atomic mass is 10.3. The molecule has 9 heavy (non-hydrogen) atoms. The Labute approximate surface area is 54.2 Å². The summed E-state index contributed by atoms with van der Waals surface area (Å²) >= 11 is 0. The van der Waals surface area contributed by atoms with E-state index >= 15 is 0 Å². The van der Waals surface area contributed by atoms with Crippen LogP contribution < -0.4 is 0 Å².